The van der Waals surface area contributed by atoms with Gasteiger partial charge >= 0.3 is 0 Å². The lowest BCUT2D eigenvalue weighted by Crippen LogP contribution is -1.98. The summed E-state index contributed by atoms with van der Waals surface area (Å²) in [6.07, 6.45) is 3.51. The monoisotopic (exact) mass is 200 g/mol. The third-order valence-electron chi connectivity index (χ3n) is 2.20. The molecule has 1 aromatic heterocycles. The lowest BCUT2D eigenvalue weighted by Gasteiger charge is -1.90. The summed E-state index contributed by atoms with van der Waals surface area (Å²) in [6.45, 7) is 3.68. The summed E-state index contributed by atoms with van der Waals surface area (Å²) in [5.41, 5.74) is 1.60. The molecule has 0 aliphatic carbocycles. The molecule has 5 heteroatoms. The fourth-order valence-electron chi connectivity index (χ4n) is 1.57. The Morgan fingerprint density at radius 3 is 2.67 bits per heavy atom. The molecule has 3 heterocycles. The van der Waals surface area contributed by atoms with Gasteiger partial charge in [0.15, 0.2) is 23.3 Å². The molecule has 1 aromatic rings. The highest BCUT2D eigenvalue weighted by Crippen LogP contribution is 2.17. The summed E-state index contributed by atoms with van der Waals surface area (Å²) in [4.78, 5) is 16.8. The van der Waals surface area contributed by atoms with Crippen LogP contribution in [-0.4, -0.2) is 22.4 Å². The number of amidine groups is 2. The molecule has 3 rings (SSSR count). The molecule has 5 nitrogen and oxygen atoms in total. The molecule has 0 fully saturated rings. The van der Waals surface area contributed by atoms with Gasteiger partial charge in [-0.3, -0.25) is 0 Å². The molecule has 0 saturated carbocycles. The van der Waals surface area contributed by atoms with Crippen LogP contribution in [0.1, 0.15) is 17.3 Å². The summed E-state index contributed by atoms with van der Waals surface area (Å²) < 4.78 is 5.44. The van der Waals surface area contributed by atoms with Crippen molar-refractivity contribution in [3.05, 3.63) is 29.6 Å². The average molecular weight is 200 g/mol. The van der Waals surface area contributed by atoms with Crippen LogP contribution in [0.5, 0.6) is 0 Å². The zero-order valence-electron chi connectivity index (χ0n) is 8.35. The Morgan fingerprint density at radius 2 is 2.00 bits per heavy atom. The summed E-state index contributed by atoms with van der Waals surface area (Å²) in [7, 11) is 0. The second-order valence-corrected chi connectivity index (χ2v) is 3.35. The molecule has 2 aliphatic heterocycles. The largest absolute Gasteiger partial charge is 0.437 e. The number of hydrogen-bond acceptors (Lipinski definition) is 5. The highest BCUT2D eigenvalue weighted by molar-refractivity contribution is 6.53. The lowest BCUT2D eigenvalue weighted by atomic mass is 10.3. The van der Waals surface area contributed by atoms with E-state index in [2.05, 4.69) is 20.0 Å². The van der Waals surface area contributed by atoms with Gasteiger partial charge in [-0.15, -0.1) is 0 Å². The number of aromatic nitrogens is 1. The zero-order chi connectivity index (χ0) is 10.4. The predicted octanol–water partition coefficient (Wildman–Crippen LogP) is 1.42. The van der Waals surface area contributed by atoms with E-state index >= 15 is 0 Å². The Hall–Kier alpha value is -2.04. The van der Waals surface area contributed by atoms with Crippen LogP contribution >= 0.6 is 0 Å². The Kier molecular flexibility index (Phi) is 1.50. The van der Waals surface area contributed by atoms with E-state index in [1.54, 1.807) is 13.1 Å². The van der Waals surface area contributed by atoms with Crippen LogP contribution in [0, 0.1) is 13.8 Å². The molecule has 74 valence electrons. The van der Waals surface area contributed by atoms with E-state index in [0.29, 0.717) is 23.3 Å². The second kappa shape index (κ2) is 2.73. The maximum absolute atomic E-state index is 5.44. The Morgan fingerprint density at radius 1 is 1.13 bits per heavy atom. The van der Waals surface area contributed by atoms with Gasteiger partial charge < -0.3 is 4.42 Å². The SMILES string of the molecule is Cc1nc(C)c(C2=NC3=NC=CC3=N2)o1. The van der Waals surface area contributed by atoms with Gasteiger partial charge in [0.05, 0.1) is 5.69 Å². The van der Waals surface area contributed by atoms with Gasteiger partial charge in [-0.05, 0) is 13.0 Å². The maximum atomic E-state index is 5.44. The third kappa shape index (κ3) is 1.16. The van der Waals surface area contributed by atoms with Crippen molar-refractivity contribution in [2.75, 3.05) is 0 Å². The number of nitrogens with zero attached hydrogens (tertiary/aromatic N) is 4. The van der Waals surface area contributed by atoms with Crippen LogP contribution in [-0.2, 0) is 0 Å². The first-order chi connectivity index (χ1) is 7.24. The normalized spacial score (nSPS) is 17.6. The van der Waals surface area contributed by atoms with Gasteiger partial charge in [-0.2, -0.15) is 0 Å². The van der Waals surface area contributed by atoms with E-state index in [-0.39, 0.29) is 0 Å². The first kappa shape index (κ1) is 8.28. The van der Waals surface area contributed by atoms with E-state index in [1.165, 1.54) is 0 Å². The van der Waals surface area contributed by atoms with E-state index in [0.717, 1.165) is 11.4 Å². The fraction of sp³-hybridized carbons (Fsp3) is 0.200. The van der Waals surface area contributed by atoms with Crippen LogP contribution in [0.2, 0.25) is 0 Å². The Labute approximate surface area is 86.0 Å². The molecular formula is C10H8N4O. The number of oxazole rings is 1. The van der Waals surface area contributed by atoms with Crippen molar-refractivity contribution in [1.82, 2.24) is 4.98 Å². The second-order valence-electron chi connectivity index (χ2n) is 3.35. The summed E-state index contributed by atoms with van der Waals surface area (Å²) in [5, 5.41) is 0. The van der Waals surface area contributed by atoms with E-state index < -0.39 is 0 Å². The predicted molar refractivity (Wildman–Crippen MR) is 56.5 cm³/mol. The quantitative estimate of drug-likeness (QED) is 0.688. The lowest BCUT2D eigenvalue weighted by molar-refractivity contribution is 0.512. The van der Waals surface area contributed by atoms with E-state index in [9.17, 15) is 0 Å². The van der Waals surface area contributed by atoms with Crippen molar-refractivity contribution in [3.63, 3.8) is 0 Å². The van der Waals surface area contributed by atoms with Crippen molar-refractivity contribution in [2.24, 2.45) is 15.0 Å². The summed E-state index contributed by atoms with van der Waals surface area (Å²) in [6, 6.07) is 0. The molecule has 0 N–H and O–H groups in total. The van der Waals surface area contributed by atoms with Crippen LogP contribution in [0.4, 0.5) is 0 Å². The van der Waals surface area contributed by atoms with Crippen molar-refractivity contribution in [1.29, 1.82) is 0 Å². The molecule has 15 heavy (non-hydrogen) atoms. The topological polar surface area (TPSA) is 63.1 Å². The number of fused-ring (bicyclic) bond motifs is 1. The van der Waals surface area contributed by atoms with Gasteiger partial charge in [0, 0.05) is 13.1 Å². The van der Waals surface area contributed by atoms with Gasteiger partial charge in [0.25, 0.3) is 0 Å². The number of hydrogen-bond donors (Lipinski definition) is 0. The first-order valence-corrected chi connectivity index (χ1v) is 4.60. The molecule has 0 amide bonds. The summed E-state index contributed by atoms with van der Waals surface area (Å²) in [5.74, 6) is 2.47. The molecule has 0 radical (unpaired) electrons. The summed E-state index contributed by atoms with van der Waals surface area (Å²) >= 11 is 0. The number of aryl methyl sites for hydroxylation is 2. The fourth-order valence-corrected chi connectivity index (χ4v) is 1.57. The Balaban J connectivity index is 2.08. The third-order valence-corrected chi connectivity index (χ3v) is 2.20. The molecule has 0 bridgehead atoms. The number of rotatable bonds is 1. The molecular weight excluding hydrogens is 192 g/mol. The van der Waals surface area contributed by atoms with Crippen LogP contribution in [0.25, 0.3) is 0 Å². The maximum Gasteiger partial charge on any atom is 0.200 e. The van der Waals surface area contributed by atoms with Crippen LogP contribution in [0.15, 0.2) is 31.7 Å². The molecule has 0 spiro atoms. The highest BCUT2D eigenvalue weighted by atomic mass is 16.4. The molecule has 0 saturated heterocycles. The first-order valence-electron chi connectivity index (χ1n) is 4.60. The van der Waals surface area contributed by atoms with Crippen LogP contribution < -0.4 is 0 Å². The van der Waals surface area contributed by atoms with E-state index in [4.69, 9.17) is 4.42 Å². The smallest absolute Gasteiger partial charge is 0.200 e. The standard InChI is InChI=1S/C10H8N4O/c1-5-8(15-6(2)12-5)10-13-7-3-4-11-9(7)14-10/h3-4H,1-2H3. The molecule has 0 aromatic carbocycles. The Bertz CT molecular complexity index is 560. The van der Waals surface area contributed by atoms with Gasteiger partial charge in [-0.25, -0.2) is 20.0 Å². The van der Waals surface area contributed by atoms with Gasteiger partial charge in [0.2, 0.25) is 0 Å². The molecule has 2 aliphatic rings. The van der Waals surface area contributed by atoms with Gasteiger partial charge in [0.1, 0.15) is 5.71 Å². The van der Waals surface area contributed by atoms with E-state index in [1.807, 2.05) is 13.0 Å². The molecule has 0 atom stereocenters. The zero-order valence-corrected chi connectivity index (χ0v) is 8.35. The molecule has 0 unspecified atom stereocenters. The average Bonchev–Trinajstić information content (AvgIpc) is 2.77. The minimum Gasteiger partial charge on any atom is -0.437 e. The van der Waals surface area contributed by atoms with Crippen molar-refractivity contribution < 1.29 is 4.42 Å². The van der Waals surface area contributed by atoms with Crippen LogP contribution in [0.3, 0.4) is 0 Å². The minimum atomic E-state index is 0.561. The van der Waals surface area contributed by atoms with Crippen molar-refractivity contribution in [3.8, 4) is 0 Å². The van der Waals surface area contributed by atoms with Crippen molar-refractivity contribution >= 4 is 17.4 Å². The van der Waals surface area contributed by atoms with Gasteiger partial charge in [-0.1, -0.05) is 0 Å². The number of aliphatic imine (C=N–C) groups is 3. The van der Waals surface area contributed by atoms with Crippen molar-refractivity contribution in [2.45, 2.75) is 13.8 Å². The highest BCUT2D eigenvalue weighted by Gasteiger charge is 2.23. The minimum absolute atomic E-state index is 0.561.